The van der Waals surface area contributed by atoms with Crippen molar-refractivity contribution in [2.45, 2.75) is 13.8 Å². The maximum atomic E-state index is 11.9. The minimum absolute atomic E-state index is 0.170. The van der Waals surface area contributed by atoms with Crippen LogP contribution in [0.4, 0.5) is 9.59 Å². The van der Waals surface area contributed by atoms with Crippen molar-refractivity contribution >= 4 is 24.2 Å². The number of aromatic amines is 2. The second-order valence-corrected chi connectivity index (χ2v) is 4.71. The number of carbonyl (C=O) groups excluding carboxylic acids is 2. The Kier molecular flexibility index (Phi) is 3.93. The number of primary amides is 2. The van der Waals surface area contributed by atoms with Gasteiger partial charge in [0, 0.05) is 11.4 Å². The van der Waals surface area contributed by atoms with Crippen LogP contribution in [0.15, 0.2) is 15.3 Å². The van der Waals surface area contributed by atoms with Crippen LogP contribution in [-0.2, 0) is 0 Å². The number of nitrogens with two attached hydrogens (primary N) is 2. The molecule has 0 bridgehead atoms. The molecule has 10 nitrogen and oxygen atoms in total. The number of H-pyrrole nitrogens is 2. The fourth-order valence-corrected chi connectivity index (χ4v) is 1.98. The first kappa shape index (κ1) is 15.9. The van der Waals surface area contributed by atoms with Gasteiger partial charge in [-0.3, -0.25) is 19.8 Å². The van der Waals surface area contributed by atoms with Crippen LogP contribution in [0.5, 0.6) is 0 Å². The Morgan fingerprint density at radius 2 is 1.26 bits per heavy atom. The maximum Gasteiger partial charge on any atom is 0.341 e. The normalized spacial score (nSPS) is 10.2. The summed E-state index contributed by atoms with van der Waals surface area (Å²) >= 11 is 0. The van der Waals surface area contributed by atoms with E-state index in [4.69, 9.17) is 11.5 Å². The molecule has 2 heterocycles. The summed E-state index contributed by atoms with van der Waals surface area (Å²) in [4.78, 5) is 45.9. The van der Waals surface area contributed by atoms with Crippen LogP contribution < -0.4 is 22.6 Å². The first-order valence-corrected chi connectivity index (χ1v) is 6.39. The molecule has 0 aliphatic rings. The Morgan fingerprint density at radius 3 is 1.52 bits per heavy atom. The van der Waals surface area contributed by atoms with Gasteiger partial charge in [-0.15, -0.1) is 5.73 Å². The highest BCUT2D eigenvalue weighted by Gasteiger charge is 2.12. The number of nitrogens with one attached hydrogen (secondary N) is 2. The molecular formula is C13H14N6O4. The second-order valence-electron chi connectivity index (χ2n) is 4.71. The van der Waals surface area contributed by atoms with Gasteiger partial charge in [0.15, 0.2) is 0 Å². The molecule has 0 atom stereocenters. The van der Waals surface area contributed by atoms with Crippen molar-refractivity contribution in [2.75, 3.05) is 0 Å². The monoisotopic (exact) mass is 318 g/mol. The molecule has 0 aromatic carbocycles. The number of amides is 2. The molecule has 0 saturated heterocycles. The Morgan fingerprint density at radius 1 is 0.913 bits per heavy atom. The molecule has 0 unspecified atom stereocenters. The average Bonchev–Trinajstić information content (AvgIpc) is 2.90. The summed E-state index contributed by atoms with van der Waals surface area (Å²) in [5, 5.41) is 5.03. The van der Waals surface area contributed by atoms with Crippen LogP contribution >= 0.6 is 0 Å². The fourth-order valence-electron chi connectivity index (χ4n) is 1.98. The molecule has 0 saturated carbocycles. The molecule has 23 heavy (non-hydrogen) atoms. The molecule has 0 fully saturated rings. The second kappa shape index (κ2) is 5.70. The van der Waals surface area contributed by atoms with Crippen molar-refractivity contribution in [3.05, 3.63) is 49.0 Å². The highest BCUT2D eigenvalue weighted by molar-refractivity contribution is 5.75. The summed E-state index contributed by atoms with van der Waals surface area (Å²) < 4.78 is 1.31. The number of aromatic nitrogens is 4. The van der Waals surface area contributed by atoms with Crippen molar-refractivity contribution in [1.82, 2.24) is 19.6 Å². The van der Waals surface area contributed by atoms with Gasteiger partial charge in [0.1, 0.15) is 0 Å². The van der Waals surface area contributed by atoms with Gasteiger partial charge in [-0.05, 0) is 26.0 Å². The van der Waals surface area contributed by atoms with Gasteiger partial charge >= 0.3 is 12.1 Å². The summed E-state index contributed by atoms with van der Waals surface area (Å²) in [6.07, 6.45) is 2.60. The Labute approximate surface area is 128 Å². The van der Waals surface area contributed by atoms with Crippen LogP contribution in [0, 0.1) is 13.8 Å². The molecule has 2 amide bonds. The van der Waals surface area contributed by atoms with Crippen molar-refractivity contribution in [1.29, 1.82) is 0 Å². The van der Waals surface area contributed by atoms with Gasteiger partial charge < -0.3 is 11.5 Å². The van der Waals surface area contributed by atoms with Crippen LogP contribution in [0.25, 0.3) is 12.2 Å². The molecule has 0 aliphatic heterocycles. The van der Waals surface area contributed by atoms with E-state index in [1.54, 1.807) is 13.8 Å². The third-order valence-electron chi connectivity index (χ3n) is 3.13. The number of carbonyl (C=O) groups is 2. The minimum atomic E-state index is -0.937. The Balaban J connectivity index is 2.48. The summed E-state index contributed by atoms with van der Waals surface area (Å²) in [7, 11) is 0. The zero-order chi connectivity index (χ0) is 17.3. The first-order chi connectivity index (χ1) is 10.7. The van der Waals surface area contributed by atoms with Crippen molar-refractivity contribution in [3.8, 4) is 0 Å². The smallest absolute Gasteiger partial charge is 0.341 e. The van der Waals surface area contributed by atoms with E-state index in [1.807, 2.05) is 0 Å². The zero-order valence-electron chi connectivity index (χ0n) is 12.3. The van der Waals surface area contributed by atoms with Gasteiger partial charge in [0.2, 0.25) is 0 Å². The summed E-state index contributed by atoms with van der Waals surface area (Å²) in [5.74, 6) is 0. The number of hydrogen-bond donors (Lipinski definition) is 4. The van der Waals surface area contributed by atoms with Gasteiger partial charge in [-0.25, -0.2) is 9.59 Å². The Hall–Kier alpha value is -3.52. The number of aryl methyl sites for hydroxylation is 2. The van der Waals surface area contributed by atoms with E-state index < -0.39 is 23.2 Å². The van der Waals surface area contributed by atoms with Crippen LogP contribution in [-0.4, -0.2) is 31.6 Å². The van der Waals surface area contributed by atoms with E-state index in [-0.39, 0.29) is 11.1 Å². The number of hydrogen-bond acceptors (Lipinski definition) is 4. The molecule has 0 aliphatic carbocycles. The maximum absolute atomic E-state index is 11.9. The van der Waals surface area contributed by atoms with Crippen LogP contribution in [0.3, 0.4) is 0 Å². The fraction of sp³-hybridized carbons (Fsp3) is 0.154. The largest absolute Gasteiger partial charge is 0.350 e. The molecule has 120 valence electrons. The van der Waals surface area contributed by atoms with Crippen molar-refractivity contribution in [2.24, 2.45) is 11.5 Å². The molecule has 6 N–H and O–H groups in total. The molecule has 2 aromatic heterocycles. The lowest BCUT2D eigenvalue weighted by molar-refractivity contribution is 0.246. The van der Waals surface area contributed by atoms with Crippen LogP contribution in [0.2, 0.25) is 0 Å². The quantitative estimate of drug-likeness (QED) is 0.547. The zero-order valence-corrected chi connectivity index (χ0v) is 12.3. The SMILES string of the molecule is Cc1[nH]n(C(N)=O)c(=O)c1C=C=Cc1c(C)[nH]n(C(N)=O)c1=O. The van der Waals surface area contributed by atoms with E-state index >= 15 is 0 Å². The van der Waals surface area contributed by atoms with E-state index in [9.17, 15) is 19.2 Å². The topological polar surface area (TPSA) is 162 Å². The van der Waals surface area contributed by atoms with E-state index in [1.165, 1.54) is 12.2 Å². The first-order valence-electron chi connectivity index (χ1n) is 6.39. The average molecular weight is 318 g/mol. The predicted molar refractivity (Wildman–Crippen MR) is 82.0 cm³/mol. The third kappa shape index (κ3) is 2.78. The summed E-state index contributed by atoms with van der Waals surface area (Å²) in [5.41, 5.74) is 12.7. The molecule has 2 rings (SSSR count). The molecule has 10 heteroatoms. The standard InChI is InChI=1S/C13H14N6O4/c1-6-8(10(20)18(16-6)12(14)22)4-3-5-9-7(2)17-19(11(9)21)13(15)23/h4-5,16-17H,1-2H3,(H2,14,22)(H2,15,23). The predicted octanol–water partition coefficient (Wildman–Crippen LogP) is -0.538. The summed E-state index contributed by atoms with van der Waals surface area (Å²) in [6.45, 7) is 3.16. The lowest BCUT2D eigenvalue weighted by atomic mass is 10.2. The van der Waals surface area contributed by atoms with E-state index in [0.717, 1.165) is 0 Å². The molecule has 2 aromatic rings. The van der Waals surface area contributed by atoms with Gasteiger partial charge in [0.25, 0.3) is 11.1 Å². The summed E-state index contributed by atoms with van der Waals surface area (Å²) in [6, 6.07) is -1.87. The van der Waals surface area contributed by atoms with Gasteiger partial charge in [0.05, 0.1) is 11.1 Å². The lowest BCUT2D eigenvalue weighted by Gasteiger charge is -1.89. The molecular weight excluding hydrogens is 304 g/mol. The van der Waals surface area contributed by atoms with Crippen LogP contribution in [0.1, 0.15) is 22.5 Å². The van der Waals surface area contributed by atoms with Gasteiger partial charge in [-0.1, -0.05) is 0 Å². The number of nitrogens with zero attached hydrogens (tertiary/aromatic N) is 2. The van der Waals surface area contributed by atoms with Gasteiger partial charge in [-0.2, -0.15) is 9.36 Å². The number of rotatable bonds is 2. The highest BCUT2D eigenvalue weighted by Crippen LogP contribution is 2.04. The minimum Gasteiger partial charge on any atom is -0.350 e. The molecule has 0 radical (unpaired) electrons. The Bertz CT molecular complexity index is 901. The van der Waals surface area contributed by atoms with E-state index in [2.05, 4.69) is 15.9 Å². The third-order valence-corrected chi connectivity index (χ3v) is 3.13. The van der Waals surface area contributed by atoms with Crippen molar-refractivity contribution < 1.29 is 9.59 Å². The van der Waals surface area contributed by atoms with Crippen molar-refractivity contribution in [3.63, 3.8) is 0 Å². The molecule has 0 spiro atoms. The highest BCUT2D eigenvalue weighted by atomic mass is 16.2. The van der Waals surface area contributed by atoms with E-state index in [0.29, 0.717) is 20.8 Å². The lowest BCUT2D eigenvalue weighted by Crippen LogP contribution is -2.30.